The Morgan fingerprint density at radius 2 is 2.18 bits per heavy atom. The second-order valence-corrected chi connectivity index (χ2v) is 9.84. The number of ether oxygens (including phenoxy) is 1. The minimum atomic E-state index is -3.88. The highest BCUT2D eigenvalue weighted by Crippen LogP contribution is 2.25. The van der Waals surface area contributed by atoms with Crippen LogP contribution in [0.25, 0.3) is 0 Å². The number of hydrogen-bond acceptors (Lipinski definition) is 7. The van der Waals surface area contributed by atoms with Crippen LogP contribution in [0.4, 0.5) is 5.13 Å². The number of sulfonamides is 1. The third-order valence-electron chi connectivity index (χ3n) is 4.16. The predicted molar refractivity (Wildman–Crippen MR) is 108 cm³/mol. The van der Waals surface area contributed by atoms with Crippen LogP contribution in [-0.4, -0.2) is 43.8 Å². The number of benzene rings is 1. The number of anilines is 1. The van der Waals surface area contributed by atoms with E-state index in [1.165, 1.54) is 29.5 Å². The Balaban J connectivity index is 1.74. The molecular weight excluding hydrogens is 424 g/mol. The van der Waals surface area contributed by atoms with Crippen LogP contribution in [0.5, 0.6) is 0 Å². The molecule has 0 saturated carbocycles. The monoisotopic (exact) mass is 444 g/mol. The Bertz CT molecular complexity index is 956. The van der Waals surface area contributed by atoms with Crippen molar-refractivity contribution in [3.63, 3.8) is 0 Å². The fourth-order valence-corrected chi connectivity index (χ4v) is 4.95. The maximum atomic E-state index is 12.6. The molecule has 28 heavy (non-hydrogen) atoms. The lowest BCUT2D eigenvalue weighted by Gasteiger charge is -2.13. The summed E-state index contributed by atoms with van der Waals surface area (Å²) in [6, 6.07) is 4.10. The van der Waals surface area contributed by atoms with Crippen LogP contribution in [0.1, 0.15) is 48.0 Å². The molecule has 0 radical (unpaired) electrons. The lowest BCUT2D eigenvalue weighted by Crippen LogP contribution is -2.32. The van der Waals surface area contributed by atoms with E-state index >= 15 is 0 Å². The van der Waals surface area contributed by atoms with Gasteiger partial charge in [-0.15, -0.1) is 10.2 Å². The summed E-state index contributed by atoms with van der Waals surface area (Å²) in [5.41, 5.74) is 0.156. The van der Waals surface area contributed by atoms with Crippen LogP contribution in [0, 0.1) is 0 Å². The summed E-state index contributed by atoms with van der Waals surface area (Å²) in [6.07, 6.45) is 1.57. The molecule has 1 aliphatic heterocycles. The number of carbonyl (C=O) groups excluding carboxylic acids is 1. The van der Waals surface area contributed by atoms with Crippen LogP contribution in [0.2, 0.25) is 5.02 Å². The van der Waals surface area contributed by atoms with Gasteiger partial charge in [0.05, 0.1) is 11.1 Å². The molecule has 2 aromatic rings. The molecule has 0 aliphatic carbocycles. The molecule has 11 heteroatoms. The quantitative estimate of drug-likeness (QED) is 0.679. The molecule has 3 rings (SSSR count). The van der Waals surface area contributed by atoms with Gasteiger partial charge in [0.2, 0.25) is 15.2 Å². The molecule has 2 heterocycles. The van der Waals surface area contributed by atoms with Gasteiger partial charge in [-0.05, 0) is 31.0 Å². The third kappa shape index (κ3) is 5.06. The zero-order chi connectivity index (χ0) is 20.3. The fourth-order valence-electron chi connectivity index (χ4n) is 2.62. The van der Waals surface area contributed by atoms with E-state index in [2.05, 4.69) is 20.2 Å². The molecule has 0 spiro atoms. The molecule has 1 aromatic heterocycles. The zero-order valence-corrected chi connectivity index (χ0v) is 17.8. The Morgan fingerprint density at radius 1 is 1.39 bits per heavy atom. The average molecular weight is 445 g/mol. The Hall–Kier alpha value is -1.59. The Morgan fingerprint density at radius 3 is 2.82 bits per heavy atom. The summed E-state index contributed by atoms with van der Waals surface area (Å²) >= 11 is 7.35. The van der Waals surface area contributed by atoms with E-state index in [-0.39, 0.29) is 34.0 Å². The lowest BCUT2D eigenvalue weighted by molar-refractivity contribution is 0.102. The van der Waals surface area contributed by atoms with E-state index in [1.807, 2.05) is 13.8 Å². The molecule has 0 bridgehead atoms. The number of rotatable bonds is 7. The number of nitrogens with one attached hydrogen (secondary N) is 2. The summed E-state index contributed by atoms with van der Waals surface area (Å²) in [6.45, 7) is 4.75. The number of halogens is 1. The first-order valence-electron chi connectivity index (χ1n) is 8.82. The SMILES string of the molecule is CC(C)c1nnc(NC(=O)c2ccc(Cl)c(S(=O)(=O)NCC3CCCO3)c2)s1. The van der Waals surface area contributed by atoms with Gasteiger partial charge in [-0.2, -0.15) is 0 Å². The van der Waals surface area contributed by atoms with Gasteiger partial charge in [0.15, 0.2) is 0 Å². The molecule has 1 saturated heterocycles. The highest BCUT2D eigenvalue weighted by atomic mass is 35.5. The molecule has 1 aromatic carbocycles. The van der Waals surface area contributed by atoms with Crippen molar-refractivity contribution in [3.8, 4) is 0 Å². The smallest absolute Gasteiger partial charge is 0.257 e. The van der Waals surface area contributed by atoms with Gasteiger partial charge < -0.3 is 4.74 Å². The van der Waals surface area contributed by atoms with Crippen molar-refractivity contribution in [3.05, 3.63) is 33.8 Å². The van der Waals surface area contributed by atoms with Crippen molar-refractivity contribution in [2.24, 2.45) is 0 Å². The van der Waals surface area contributed by atoms with E-state index in [1.54, 1.807) is 0 Å². The Kier molecular flexibility index (Phi) is 6.66. The number of amides is 1. The van der Waals surface area contributed by atoms with Crippen molar-refractivity contribution < 1.29 is 17.9 Å². The molecule has 8 nitrogen and oxygen atoms in total. The van der Waals surface area contributed by atoms with Crippen molar-refractivity contribution in [2.45, 2.75) is 43.6 Å². The number of nitrogens with zero attached hydrogens (tertiary/aromatic N) is 2. The molecule has 152 valence electrons. The summed E-state index contributed by atoms with van der Waals surface area (Å²) in [7, 11) is -3.88. The summed E-state index contributed by atoms with van der Waals surface area (Å²) in [5.74, 6) is -0.288. The first-order chi connectivity index (χ1) is 13.3. The molecular formula is C17H21ClN4O4S2. The highest BCUT2D eigenvalue weighted by Gasteiger charge is 2.23. The zero-order valence-electron chi connectivity index (χ0n) is 15.4. The van der Waals surface area contributed by atoms with E-state index < -0.39 is 15.9 Å². The molecule has 1 amide bonds. The Labute approximate surface area is 172 Å². The topological polar surface area (TPSA) is 110 Å². The minimum absolute atomic E-state index is 0.0365. The van der Waals surface area contributed by atoms with Crippen LogP contribution in [-0.2, 0) is 14.8 Å². The van der Waals surface area contributed by atoms with Crippen LogP contribution >= 0.6 is 22.9 Å². The summed E-state index contributed by atoms with van der Waals surface area (Å²) in [5, 5.41) is 11.8. The van der Waals surface area contributed by atoms with E-state index in [0.717, 1.165) is 17.8 Å². The number of carbonyl (C=O) groups is 1. The van der Waals surface area contributed by atoms with Gasteiger partial charge in [0.1, 0.15) is 9.90 Å². The number of aromatic nitrogens is 2. The summed E-state index contributed by atoms with van der Waals surface area (Å²) < 4.78 is 33.2. The first kappa shape index (κ1) is 21.1. The van der Waals surface area contributed by atoms with Crippen molar-refractivity contribution in [1.29, 1.82) is 0 Å². The van der Waals surface area contributed by atoms with Crippen LogP contribution in [0.15, 0.2) is 23.1 Å². The van der Waals surface area contributed by atoms with Crippen molar-refractivity contribution in [2.75, 3.05) is 18.5 Å². The molecule has 2 N–H and O–H groups in total. The highest BCUT2D eigenvalue weighted by molar-refractivity contribution is 7.89. The van der Waals surface area contributed by atoms with Crippen LogP contribution in [0.3, 0.4) is 0 Å². The fraction of sp³-hybridized carbons (Fsp3) is 0.471. The second kappa shape index (κ2) is 8.83. The molecule has 1 aliphatic rings. The normalized spacial score (nSPS) is 17.2. The maximum absolute atomic E-state index is 12.6. The van der Waals surface area contributed by atoms with Gasteiger partial charge in [-0.3, -0.25) is 10.1 Å². The minimum Gasteiger partial charge on any atom is -0.377 e. The van der Waals surface area contributed by atoms with Crippen LogP contribution < -0.4 is 10.0 Å². The molecule has 1 fully saturated rings. The van der Waals surface area contributed by atoms with Gasteiger partial charge in [0.25, 0.3) is 5.91 Å². The standard InChI is InChI=1S/C17H21ClN4O4S2/c1-10(2)16-21-22-17(27-16)20-15(23)11-5-6-13(18)14(8-11)28(24,25)19-9-12-4-3-7-26-12/h5-6,8,10,12,19H,3-4,7,9H2,1-2H3,(H,20,22,23). The molecule has 1 atom stereocenters. The first-order valence-corrected chi connectivity index (χ1v) is 11.5. The predicted octanol–water partition coefficient (Wildman–Crippen LogP) is 3.02. The van der Waals surface area contributed by atoms with E-state index in [0.29, 0.717) is 11.7 Å². The van der Waals surface area contributed by atoms with Gasteiger partial charge in [-0.1, -0.05) is 36.8 Å². The lowest BCUT2D eigenvalue weighted by atomic mass is 10.2. The summed E-state index contributed by atoms with van der Waals surface area (Å²) in [4.78, 5) is 12.3. The maximum Gasteiger partial charge on any atom is 0.257 e. The van der Waals surface area contributed by atoms with E-state index in [9.17, 15) is 13.2 Å². The van der Waals surface area contributed by atoms with Crippen molar-refractivity contribution in [1.82, 2.24) is 14.9 Å². The number of hydrogen-bond donors (Lipinski definition) is 2. The van der Waals surface area contributed by atoms with Gasteiger partial charge in [-0.25, -0.2) is 13.1 Å². The van der Waals surface area contributed by atoms with Crippen molar-refractivity contribution >= 4 is 44.0 Å². The second-order valence-electron chi connectivity index (χ2n) is 6.69. The average Bonchev–Trinajstić information content (AvgIpc) is 3.32. The third-order valence-corrected chi connectivity index (χ3v) is 7.21. The van der Waals surface area contributed by atoms with E-state index in [4.69, 9.17) is 16.3 Å². The van der Waals surface area contributed by atoms with Gasteiger partial charge >= 0.3 is 0 Å². The largest absolute Gasteiger partial charge is 0.377 e. The van der Waals surface area contributed by atoms with Gasteiger partial charge in [0, 0.05) is 24.6 Å². The molecule has 1 unspecified atom stereocenters.